The Kier molecular flexibility index (Phi) is 5.24. The number of pyridine rings is 1. The number of benzene rings is 2. The van der Waals surface area contributed by atoms with Crippen LogP contribution in [0.15, 0.2) is 59.7 Å². The third kappa shape index (κ3) is 4.23. The van der Waals surface area contributed by atoms with E-state index in [0.717, 1.165) is 16.5 Å². The van der Waals surface area contributed by atoms with Crippen LogP contribution in [0.5, 0.6) is 0 Å². The Morgan fingerprint density at radius 2 is 1.81 bits per heavy atom. The largest absolute Gasteiger partial charge is 0.329 e. The van der Waals surface area contributed by atoms with Crippen LogP contribution in [0.2, 0.25) is 5.15 Å². The molecule has 0 fully saturated rings. The summed E-state index contributed by atoms with van der Waals surface area (Å²) < 4.78 is 0. The van der Waals surface area contributed by atoms with Gasteiger partial charge in [-0.05, 0) is 31.2 Å². The fourth-order valence-corrected chi connectivity index (χ4v) is 2.43. The molecule has 2 amide bonds. The van der Waals surface area contributed by atoms with Gasteiger partial charge in [0.15, 0.2) is 0 Å². The monoisotopic (exact) mass is 366 g/mol. The number of amides is 2. The molecule has 0 saturated carbocycles. The lowest BCUT2D eigenvalue weighted by Gasteiger charge is -2.04. The van der Waals surface area contributed by atoms with Crippen LogP contribution in [0, 0.1) is 6.92 Å². The highest BCUT2D eigenvalue weighted by Crippen LogP contribution is 2.18. The maximum Gasteiger partial charge on any atom is 0.329 e. The van der Waals surface area contributed by atoms with E-state index >= 15 is 0 Å². The molecule has 3 aromatic rings. The van der Waals surface area contributed by atoms with Crippen molar-refractivity contribution in [3.63, 3.8) is 0 Å². The zero-order valence-corrected chi connectivity index (χ0v) is 14.6. The fourth-order valence-electron chi connectivity index (χ4n) is 2.24. The number of rotatable bonds is 3. The first-order chi connectivity index (χ1) is 12.5. The van der Waals surface area contributed by atoms with Crippen LogP contribution >= 0.6 is 11.6 Å². The summed E-state index contributed by atoms with van der Waals surface area (Å²) in [5.41, 5.74) is 5.05. The quantitative estimate of drug-likeness (QED) is 0.323. The predicted molar refractivity (Wildman–Crippen MR) is 102 cm³/mol. The lowest BCUT2D eigenvalue weighted by atomic mass is 10.2. The van der Waals surface area contributed by atoms with Gasteiger partial charge in [-0.1, -0.05) is 47.5 Å². The second-order valence-electron chi connectivity index (χ2n) is 5.58. The van der Waals surface area contributed by atoms with E-state index < -0.39 is 11.8 Å². The van der Waals surface area contributed by atoms with E-state index in [9.17, 15) is 9.59 Å². The van der Waals surface area contributed by atoms with Crippen molar-refractivity contribution in [3.05, 3.63) is 70.9 Å². The van der Waals surface area contributed by atoms with Gasteiger partial charge in [0, 0.05) is 16.6 Å². The van der Waals surface area contributed by atoms with Crippen molar-refractivity contribution in [3.8, 4) is 0 Å². The Balaban J connectivity index is 1.64. The van der Waals surface area contributed by atoms with Gasteiger partial charge in [0.2, 0.25) is 0 Å². The highest BCUT2D eigenvalue weighted by molar-refractivity contribution is 6.39. The molecule has 0 saturated heterocycles. The standard InChI is InChI=1S/C19H15ClN4O2/c1-12-6-8-15(9-7-12)22-18(25)19(26)24-21-11-14-10-13-4-2-3-5-16(13)23-17(14)20/h2-11H,1H3,(H,22,25)(H,24,26)/b21-11-. The SMILES string of the molecule is Cc1ccc(NC(=O)C(=O)N/N=C\c2cc3ccccc3nc2Cl)cc1. The topological polar surface area (TPSA) is 83.5 Å². The molecule has 1 heterocycles. The van der Waals surface area contributed by atoms with Crippen molar-refractivity contribution >= 4 is 46.2 Å². The Hall–Kier alpha value is -3.25. The molecule has 0 aliphatic heterocycles. The molecule has 2 N–H and O–H groups in total. The van der Waals surface area contributed by atoms with Crippen molar-refractivity contribution in [2.75, 3.05) is 5.32 Å². The van der Waals surface area contributed by atoms with Gasteiger partial charge in [0.25, 0.3) is 0 Å². The number of hydrogen-bond acceptors (Lipinski definition) is 4. The van der Waals surface area contributed by atoms with E-state index in [1.54, 1.807) is 18.2 Å². The molecule has 7 heteroatoms. The minimum absolute atomic E-state index is 0.255. The van der Waals surface area contributed by atoms with E-state index in [1.807, 2.05) is 43.3 Å². The van der Waals surface area contributed by atoms with Crippen LogP contribution in [0.1, 0.15) is 11.1 Å². The molecule has 6 nitrogen and oxygen atoms in total. The highest BCUT2D eigenvalue weighted by atomic mass is 35.5. The number of hydrogen-bond donors (Lipinski definition) is 2. The molecule has 3 rings (SSSR count). The summed E-state index contributed by atoms with van der Waals surface area (Å²) in [7, 11) is 0. The lowest BCUT2D eigenvalue weighted by molar-refractivity contribution is -0.136. The van der Waals surface area contributed by atoms with Gasteiger partial charge in [-0.15, -0.1) is 0 Å². The van der Waals surface area contributed by atoms with Crippen LogP contribution in [-0.4, -0.2) is 23.0 Å². The normalized spacial score (nSPS) is 10.8. The molecular formula is C19H15ClN4O2. The summed E-state index contributed by atoms with van der Waals surface area (Å²) in [6, 6.07) is 16.4. The maximum atomic E-state index is 11.8. The van der Waals surface area contributed by atoms with Crippen LogP contribution in [0.3, 0.4) is 0 Å². The number of hydrazone groups is 1. The zero-order chi connectivity index (χ0) is 18.5. The summed E-state index contributed by atoms with van der Waals surface area (Å²) in [6.45, 7) is 1.93. The second-order valence-corrected chi connectivity index (χ2v) is 5.94. The third-order valence-corrected chi connectivity index (χ3v) is 3.89. The molecule has 0 bridgehead atoms. The molecule has 2 aromatic carbocycles. The number of anilines is 1. The van der Waals surface area contributed by atoms with Gasteiger partial charge in [0.1, 0.15) is 5.15 Å². The molecule has 1 aromatic heterocycles. The first kappa shape index (κ1) is 17.6. The van der Waals surface area contributed by atoms with E-state index in [-0.39, 0.29) is 5.15 Å². The maximum absolute atomic E-state index is 11.8. The second kappa shape index (κ2) is 7.76. The summed E-state index contributed by atoms with van der Waals surface area (Å²) in [5, 5.41) is 7.41. The molecule has 0 atom stereocenters. The van der Waals surface area contributed by atoms with Gasteiger partial charge < -0.3 is 5.32 Å². The summed E-state index contributed by atoms with van der Waals surface area (Å²) in [6.07, 6.45) is 1.35. The number of aromatic nitrogens is 1. The molecular weight excluding hydrogens is 352 g/mol. The van der Waals surface area contributed by atoms with Gasteiger partial charge in [-0.3, -0.25) is 9.59 Å². The first-order valence-corrected chi connectivity index (χ1v) is 8.17. The average molecular weight is 367 g/mol. The number of nitrogens with zero attached hydrogens (tertiary/aromatic N) is 2. The van der Waals surface area contributed by atoms with E-state index in [2.05, 4.69) is 20.8 Å². The van der Waals surface area contributed by atoms with E-state index in [1.165, 1.54) is 6.21 Å². The van der Waals surface area contributed by atoms with Crippen molar-refractivity contribution in [2.45, 2.75) is 6.92 Å². The Labute approximate surface area is 154 Å². The first-order valence-electron chi connectivity index (χ1n) is 7.79. The summed E-state index contributed by atoms with van der Waals surface area (Å²) in [5.74, 6) is -1.69. The molecule has 0 spiro atoms. The number of halogens is 1. The van der Waals surface area contributed by atoms with Gasteiger partial charge in [0.05, 0.1) is 11.7 Å². The number of carbonyl (C=O) groups excluding carboxylic acids is 2. The van der Waals surface area contributed by atoms with Crippen molar-refractivity contribution < 1.29 is 9.59 Å². The minimum atomic E-state index is -0.883. The van der Waals surface area contributed by atoms with Crippen LogP contribution in [0.4, 0.5) is 5.69 Å². The number of para-hydroxylation sites is 1. The highest BCUT2D eigenvalue weighted by Gasteiger charge is 2.12. The van der Waals surface area contributed by atoms with Gasteiger partial charge in [-0.2, -0.15) is 5.10 Å². The Morgan fingerprint density at radius 1 is 1.08 bits per heavy atom. The molecule has 0 unspecified atom stereocenters. The smallest absolute Gasteiger partial charge is 0.318 e. The zero-order valence-electron chi connectivity index (χ0n) is 13.9. The van der Waals surface area contributed by atoms with Crippen LogP contribution < -0.4 is 10.7 Å². The number of nitrogens with one attached hydrogen (secondary N) is 2. The van der Waals surface area contributed by atoms with Gasteiger partial charge in [-0.25, -0.2) is 10.4 Å². The lowest BCUT2D eigenvalue weighted by Crippen LogP contribution is -2.32. The number of aryl methyl sites for hydroxylation is 1. The third-order valence-electron chi connectivity index (χ3n) is 3.59. The van der Waals surface area contributed by atoms with Crippen LogP contribution in [-0.2, 0) is 9.59 Å². The van der Waals surface area contributed by atoms with Gasteiger partial charge >= 0.3 is 11.8 Å². The molecule has 26 heavy (non-hydrogen) atoms. The molecule has 0 aliphatic rings. The summed E-state index contributed by atoms with van der Waals surface area (Å²) >= 11 is 6.11. The minimum Gasteiger partial charge on any atom is -0.318 e. The Bertz CT molecular complexity index is 1000. The predicted octanol–water partition coefficient (Wildman–Crippen LogP) is 3.29. The van der Waals surface area contributed by atoms with E-state index in [0.29, 0.717) is 11.3 Å². The molecule has 130 valence electrons. The molecule has 0 radical (unpaired) electrons. The van der Waals surface area contributed by atoms with Crippen molar-refractivity contribution in [1.29, 1.82) is 0 Å². The average Bonchev–Trinajstić information content (AvgIpc) is 2.63. The molecule has 0 aliphatic carbocycles. The van der Waals surface area contributed by atoms with E-state index in [4.69, 9.17) is 11.6 Å². The Morgan fingerprint density at radius 3 is 2.58 bits per heavy atom. The summed E-state index contributed by atoms with van der Waals surface area (Å²) in [4.78, 5) is 27.9. The van der Waals surface area contributed by atoms with Crippen molar-refractivity contribution in [1.82, 2.24) is 10.4 Å². The number of fused-ring (bicyclic) bond motifs is 1. The number of carbonyl (C=O) groups is 2. The van der Waals surface area contributed by atoms with Crippen molar-refractivity contribution in [2.24, 2.45) is 5.10 Å². The van der Waals surface area contributed by atoms with Crippen LogP contribution in [0.25, 0.3) is 10.9 Å². The fraction of sp³-hybridized carbons (Fsp3) is 0.0526.